The number of anilines is 1. The Morgan fingerprint density at radius 1 is 1.08 bits per heavy atom. The summed E-state index contributed by atoms with van der Waals surface area (Å²) in [6.45, 7) is 0.714. The van der Waals surface area contributed by atoms with Gasteiger partial charge in [-0.15, -0.1) is 0 Å². The lowest BCUT2D eigenvalue weighted by Gasteiger charge is -2.13. The summed E-state index contributed by atoms with van der Waals surface area (Å²) in [5.74, 6) is -0.457. The molecule has 0 aliphatic heterocycles. The molecule has 0 radical (unpaired) electrons. The average molecular weight is 327 g/mol. The SMILES string of the molecule is CN(C)c1ccc(CNC(=O)CCNC(=O)c2cnccn2)cc1. The number of rotatable bonds is 7. The number of hydrogen-bond donors (Lipinski definition) is 2. The second-order valence-electron chi connectivity index (χ2n) is 5.43. The van der Waals surface area contributed by atoms with Crippen LogP contribution in [0.15, 0.2) is 42.9 Å². The minimum Gasteiger partial charge on any atom is -0.378 e. The summed E-state index contributed by atoms with van der Waals surface area (Å²) in [5, 5.41) is 5.47. The number of amides is 2. The topological polar surface area (TPSA) is 87.2 Å². The normalized spacial score (nSPS) is 10.1. The Bertz CT molecular complexity index is 671. The summed E-state index contributed by atoms with van der Waals surface area (Å²) in [6.07, 6.45) is 4.53. The molecule has 0 saturated carbocycles. The van der Waals surface area contributed by atoms with Crippen LogP contribution < -0.4 is 15.5 Å². The number of carbonyl (C=O) groups is 2. The van der Waals surface area contributed by atoms with Crippen molar-refractivity contribution in [3.8, 4) is 0 Å². The molecule has 2 rings (SSSR count). The van der Waals surface area contributed by atoms with Crippen molar-refractivity contribution in [2.24, 2.45) is 0 Å². The molecular weight excluding hydrogens is 306 g/mol. The minimum atomic E-state index is -0.338. The molecule has 0 aliphatic carbocycles. The Kier molecular flexibility index (Phi) is 6.24. The predicted octanol–water partition coefficient (Wildman–Crippen LogP) is 0.979. The van der Waals surface area contributed by atoms with Gasteiger partial charge < -0.3 is 15.5 Å². The molecule has 1 heterocycles. The Labute approximate surface area is 141 Å². The number of carbonyl (C=O) groups excluding carboxylic acids is 2. The molecule has 7 heteroatoms. The van der Waals surface area contributed by atoms with Gasteiger partial charge >= 0.3 is 0 Å². The quantitative estimate of drug-likeness (QED) is 0.791. The van der Waals surface area contributed by atoms with Crippen LogP contribution in [0.1, 0.15) is 22.5 Å². The fraction of sp³-hybridized carbons (Fsp3) is 0.294. The van der Waals surface area contributed by atoms with Gasteiger partial charge in [-0.25, -0.2) is 4.98 Å². The van der Waals surface area contributed by atoms with Crippen LogP contribution in [-0.2, 0) is 11.3 Å². The molecule has 126 valence electrons. The van der Waals surface area contributed by atoms with Crippen molar-refractivity contribution in [2.45, 2.75) is 13.0 Å². The molecule has 2 aromatic rings. The van der Waals surface area contributed by atoms with Gasteiger partial charge in [0.1, 0.15) is 5.69 Å². The molecule has 0 bridgehead atoms. The van der Waals surface area contributed by atoms with Crippen molar-refractivity contribution < 1.29 is 9.59 Å². The molecule has 2 N–H and O–H groups in total. The van der Waals surface area contributed by atoms with Gasteiger partial charge in [0, 0.05) is 51.7 Å². The van der Waals surface area contributed by atoms with E-state index >= 15 is 0 Å². The van der Waals surface area contributed by atoms with Gasteiger partial charge in [0.25, 0.3) is 5.91 Å². The number of nitrogens with one attached hydrogen (secondary N) is 2. The van der Waals surface area contributed by atoms with E-state index in [4.69, 9.17) is 0 Å². The highest BCUT2D eigenvalue weighted by atomic mass is 16.2. The molecule has 0 aliphatic rings. The second kappa shape index (κ2) is 8.61. The van der Waals surface area contributed by atoms with Crippen LogP contribution in [0.5, 0.6) is 0 Å². The fourth-order valence-corrected chi connectivity index (χ4v) is 2.00. The van der Waals surface area contributed by atoms with Gasteiger partial charge in [-0.2, -0.15) is 0 Å². The van der Waals surface area contributed by atoms with Gasteiger partial charge in [-0.3, -0.25) is 14.6 Å². The van der Waals surface area contributed by atoms with Crippen molar-refractivity contribution in [3.05, 3.63) is 54.1 Å². The van der Waals surface area contributed by atoms with Crippen LogP contribution in [0, 0.1) is 0 Å². The zero-order valence-electron chi connectivity index (χ0n) is 13.8. The Morgan fingerprint density at radius 2 is 1.83 bits per heavy atom. The van der Waals surface area contributed by atoms with E-state index in [0.29, 0.717) is 6.54 Å². The van der Waals surface area contributed by atoms with E-state index in [0.717, 1.165) is 11.3 Å². The van der Waals surface area contributed by atoms with Gasteiger partial charge in [0.2, 0.25) is 5.91 Å². The lowest BCUT2D eigenvalue weighted by atomic mass is 10.2. The van der Waals surface area contributed by atoms with E-state index in [9.17, 15) is 9.59 Å². The standard InChI is InChI=1S/C17H21N5O2/c1-22(2)14-5-3-13(4-6-14)11-21-16(23)7-8-20-17(24)15-12-18-9-10-19-15/h3-6,9-10,12H,7-8,11H2,1-2H3,(H,20,24)(H,21,23). The summed E-state index contributed by atoms with van der Waals surface area (Å²) >= 11 is 0. The van der Waals surface area contributed by atoms with E-state index in [2.05, 4.69) is 20.6 Å². The Hall–Kier alpha value is -2.96. The lowest BCUT2D eigenvalue weighted by Crippen LogP contribution is -2.31. The highest BCUT2D eigenvalue weighted by molar-refractivity contribution is 5.92. The summed E-state index contributed by atoms with van der Waals surface area (Å²) in [6, 6.07) is 7.96. The van der Waals surface area contributed by atoms with E-state index in [-0.39, 0.29) is 30.5 Å². The van der Waals surface area contributed by atoms with Gasteiger partial charge in [-0.1, -0.05) is 12.1 Å². The molecule has 24 heavy (non-hydrogen) atoms. The first kappa shape index (κ1) is 17.4. The van der Waals surface area contributed by atoms with Crippen molar-refractivity contribution >= 4 is 17.5 Å². The molecule has 7 nitrogen and oxygen atoms in total. The third-order valence-corrected chi connectivity index (χ3v) is 3.38. The number of aromatic nitrogens is 2. The number of hydrogen-bond acceptors (Lipinski definition) is 5. The third-order valence-electron chi connectivity index (χ3n) is 3.38. The maximum Gasteiger partial charge on any atom is 0.271 e. The largest absolute Gasteiger partial charge is 0.378 e. The minimum absolute atomic E-state index is 0.119. The molecule has 0 atom stereocenters. The van der Waals surface area contributed by atoms with Crippen molar-refractivity contribution in [2.75, 3.05) is 25.5 Å². The lowest BCUT2D eigenvalue weighted by molar-refractivity contribution is -0.121. The molecule has 0 unspecified atom stereocenters. The van der Waals surface area contributed by atoms with E-state index in [1.54, 1.807) is 0 Å². The first-order valence-corrected chi connectivity index (χ1v) is 7.63. The van der Waals surface area contributed by atoms with Crippen LogP contribution in [0.3, 0.4) is 0 Å². The molecule has 1 aromatic heterocycles. The van der Waals surface area contributed by atoms with Gasteiger partial charge in [0.05, 0.1) is 6.20 Å². The number of nitrogens with zero attached hydrogens (tertiary/aromatic N) is 3. The van der Waals surface area contributed by atoms with Gasteiger partial charge in [0.15, 0.2) is 0 Å². The monoisotopic (exact) mass is 327 g/mol. The van der Waals surface area contributed by atoms with E-state index in [1.807, 2.05) is 43.3 Å². The Morgan fingerprint density at radius 3 is 2.46 bits per heavy atom. The van der Waals surface area contributed by atoms with E-state index < -0.39 is 0 Å². The third kappa shape index (κ3) is 5.35. The van der Waals surface area contributed by atoms with Crippen LogP contribution >= 0.6 is 0 Å². The predicted molar refractivity (Wildman–Crippen MR) is 91.6 cm³/mol. The van der Waals surface area contributed by atoms with E-state index in [1.165, 1.54) is 18.6 Å². The second-order valence-corrected chi connectivity index (χ2v) is 5.43. The molecule has 1 aromatic carbocycles. The van der Waals surface area contributed by atoms with Gasteiger partial charge in [-0.05, 0) is 17.7 Å². The summed E-state index contributed by atoms with van der Waals surface area (Å²) in [7, 11) is 3.96. The van der Waals surface area contributed by atoms with Crippen molar-refractivity contribution in [3.63, 3.8) is 0 Å². The van der Waals surface area contributed by atoms with Crippen LogP contribution in [0.4, 0.5) is 5.69 Å². The van der Waals surface area contributed by atoms with Crippen LogP contribution in [-0.4, -0.2) is 42.4 Å². The van der Waals surface area contributed by atoms with Crippen LogP contribution in [0.2, 0.25) is 0 Å². The molecule has 2 amide bonds. The number of benzene rings is 1. The van der Waals surface area contributed by atoms with Crippen molar-refractivity contribution in [1.82, 2.24) is 20.6 Å². The summed E-state index contributed by atoms with van der Waals surface area (Å²) < 4.78 is 0. The Balaban J connectivity index is 1.69. The average Bonchev–Trinajstić information content (AvgIpc) is 2.61. The highest BCUT2D eigenvalue weighted by Gasteiger charge is 2.07. The molecule has 0 saturated heterocycles. The zero-order valence-corrected chi connectivity index (χ0v) is 13.8. The molecule has 0 fully saturated rings. The summed E-state index contributed by atoms with van der Waals surface area (Å²) in [5.41, 5.74) is 2.37. The smallest absolute Gasteiger partial charge is 0.271 e. The fourth-order valence-electron chi connectivity index (χ4n) is 2.00. The molecular formula is C17H21N5O2. The summed E-state index contributed by atoms with van der Waals surface area (Å²) in [4.78, 5) is 33.3. The maximum atomic E-state index is 11.8. The van der Waals surface area contributed by atoms with Crippen molar-refractivity contribution in [1.29, 1.82) is 0 Å². The first-order valence-electron chi connectivity index (χ1n) is 7.63. The molecule has 0 spiro atoms. The maximum absolute atomic E-state index is 11.8. The zero-order chi connectivity index (χ0) is 17.4. The van der Waals surface area contributed by atoms with Crippen LogP contribution in [0.25, 0.3) is 0 Å². The highest BCUT2D eigenvalue weighted by Crippen LogP contribution is 2.11. The first-order chi connectivity index (χ1) is 11.6.